The molecule has 0 heterocycles. The molecule has 0 radical (unpaired) electrons. The number of halogens is 5. The summed E-state index contributed by atoms with van der Waals surface area (Å²) in [5.74, 6) is -2.54. The molecule has 5 aromatic carbocycles. The highest BCUT2D eigenvalue weighted by Gasteiger charge is 2.20. The number of rotatable bonds is 6. The number of carbonyl (C=O) groups excluding carboxylic acids is 2. The van der Waals surface area contributed by atoms with Crippen LogP contribution in [0.3, 0.4) is 0 Å². The van der Waals surface area contributed by atoms with E-state index in [1.165, 1.54) is 97.1 Å². The normalized spacial score (nSPS) is 9.80. The van der Waals surface area contributed by atoms with Gasteiger partial charge in [-0.2, -0.15) is 0 Å². The number of aromatic hydroxyl groups is 4. The highest BCUT2D eigenvalue weighted by Crippen LogP contribution is 2.29. The van der Waals surface area contributed by atoms with Gasteiger partial charge in [0.1, 0.15) is 34.5 Å². The number of phenolic OH excluding ortho intramolecular Hbond substituents is 4. The van der Waals surface area contributed by atoms with Crippen LogP contribution in [0.5, 0.6) is 34.5 Å². The van der Waals surface area contributed by atoms with Gasteiger partial charge in [-0.25, -0.2) is 19.2 Å². The lowest BCUT2D eigenvalue weighted by molar-refractivity contribution is -0.0000667. The maximum Gasteiger partial charge on any atom is 0.344 e. The summed E-state index contributed by atoms with van der Waals surface area (Å²) in [6, 6.07) is 22.5. The molecule has 17 heteroatoms. The van der Waals surface area contributed by atoms with Gasteiger partial charge in [0.25, 0.3) is 0 Å². The van der Waals surface area contributed by atoms with Gasteiger partial charge < -0.3 is 64.1 Å². The molecular weight excluding hydrogens is 1050 g/mol. The van der Waals surface area contributed by atoms with Crippen LogP contribution < -0.4 is 33.5 Å². The van der Waals surface area contributed by atoms with Crippen LogP contribution in [-0.2, 0) is 0 Å². The molecule has 0 saturated carbocycles. The Balaban J connectivity index is 0.000000324. The van der Waals surface area contributed by atoms with Gasteiger partial charge in [0.05, 0.1) is 22.3 Å². The molecular formula is C34H22Br4IO12-. The predicted octanol–water partition coefficient (Wildman–Crippen LogP) is 5.77. The lowest BCUT2D eigenvalue weighted by Gasteiger charge is -2.10. The van der Waals surface area contributed by atoms with Crippen molar-refractivity contribution >= 4 is 87.6 Å². The van der Waals surface area contributed by atoms with Crippen LogP contribution in [0.25, 0.3) is 0 Å². The topological polar surface area (TPSA) is 208 Å². The van der Waals surface area contributed by atoms with Gasteiger partial charge in [0.15, 0.2) is 0 Å². The van der Waals surface area contributed by atoms with E-state index < -0.39 is 23.9 Å². The Hall–Kier alpha value is -4.17. The average molecular weight is 1070 g/mol. The maximum atomic E-state index is 12.4. The fourth-order valence-electron chi connectivity index (χ4n) is 3.54. The van der Waals surface area contributed by atoms with Crippen molar-refractivity contribution < 1.29 is 83.3 Å². The number of ether oxygens (including phenoxy) is 2. The molecule has 0 aliphatic heterocycles. The first-order valence-corrected chi connectivity index (χ1v) is 16.7. The third kappa shape index (κ3) is 13.1. The molecule has 0 atom stereocenters. The second-order valence-corrected chi connectivity index (χ2v) is 12.9. The van der Waals surface area contributed by atoms with E-state index in [-0.39, 0.29) is 89.7 Å². The summed E-state index contributed by atoms with van der Waals surface area (Å²) in [7, 11) is 0. The van der Waals surface area contributed by atoms with Crippen LogP contribution >= 0.6 is 63.7 Å². The van der Waals surface area contributed by atoms with Crippen LogP contribution in [0.2, 0.25) is 0 Å². The molecule has 0 spiro atoms. The van der Waals surface area contributed by atoms with Crippen LogP contribution in [0.1, 0.15) is 41.4 Å². The first-order chi connectivity index (χ1) is 23.5. The molecule has 0 aliphatic rings. The molecule has 12 nitrogen and oxygen atoms in total. The Morgan fingerprint density at radius 3 is 0.882 bits per heavy atom. The van der Waals surface area contributed by atoms with Crippen molar-refractivity contribution in [1.82, 2.24) is 0 Å². The van der Waals surface area contributed by atoms with Crippen LogP contribution in [0, 0.1) is 0 Å². The number of aromatic carboxylic acids is 2. The summed E-state index contributed by atoms with van der Waals surface area (Å²) >= 11 is 12.5. The number of hydrogen-bond donors (Lipinski definition) is 6. The molecule has 0 unspecified atom stereocenters. The summed E-state index contributed by atoms with van der Waals surface area (Å²) in [5, 5.41) is 53.3. The minimum Gasteiger partial charge on any atom is -1.00 e. The van der Waals surface area contributed by atoms with Crippen LogP contribution in [0.15, 0.2) is 115 Å². The number of carboxylic acids is 2. The second kappa shape index (κ2) is 20.0. The smallest absolute Gasteiger partial charge is 0.344 e. The second-order valence-electron chi connectivity index (χ2n) is 9.52. The summed E-state index contributed by atoms with van der Waals surface area (Å²) in [4.78, 5) is 46.1. The molecule has 0 saturated heterocycles. The van der Waals surface area contributed by atoms with Gasteiger partial charge in [-0.1, -0.05) is 0 Å². The van der Waals surface area contributed by atoms with Crippen molar-refractivity contribution in [3.05, 3.63) is 137 Å². The summed E-state index contributed by atoms with van der Waals surface area (Å²) in [6.07, 6.45) is 0. The van der Waals surface area contributed by atoms with E-state index in [2.05, 4.69) is 63.7 Å². The summed E-state index contributed by atoms with van der Waals surface area (Å²) in [5.41, 5.74) is 0.422. The first-order valence-electron chi connectivity index (χ1n) is 13.5. The van der Waals surface area contributed by atoms with E-state index in [9.17, 15) is 29.4 Å². The molecule has 0 aliphatic carbocycles. The largest absolute Gasteiger partial charge is 1.00 e. The molecule has 0 aromatic heterocycles. The van der Waals surface area contributed by atoms with E-state index in [0.717, 1.165) is 0 Å². The standard InChI is InChI=1S/C20H12Br2O6.C8H4Br2O4.C6H6O2.HI/c21-17-10-16(20(26)28-14-7-3-12(24)4-8-14)18(22)9-15(17)19(25)27-13-5-1-11(23)2-6-13;9-5-1-3(7(11)12)6(10)2-4(5)8(13)14;7-5-1-2-6(8)4-3-5;/h1-10,23-24H;1-2H,(H,11,12)(H,13,14);1-4,7-8H;1H/p-1. The van der Waals surface area contributed by atoms with E-state index in [0.29, 0.717) is 8.95 Å². The van der Waals surface area contributed by atoms with E-state index in [4.69, 9.17) is 29.9 Å². The lowest BCUT2D eigenvalue weighted by Crippen LogP contribution is -3.00. The lowest BCUT2D eigenvalue weighted by atomic mass is 10.1. The van der Waals surface area contributed by atoms with Gasteiger partial charge in [-0.05, 0) is 161 Å². The number of benzene rings is 5. The third-order valence-electron chi connectivity index (χ3n) is 5.96. The van der Waals surface area contributed by atoms with Crippen LogP contribution in [0.4, 0.5) is 0 Å². The van der Waals surface area contributed by atoms with Crippen molar-refractivity contribution in [2.75, 3.05) is 0 Å². The number of carbonyl (C=O) groups is 4. The minimum absolute atomic E-state index is 0. The Morgan fingerprint density at radius 2 is 0.627 bits per heavy atom. The van der Waals surface area contributed by atoms with Gasteiger partial charge in [-0.3, -0.25) is 0 Å². The van der Waals surface area contributed by atoms with E-state index in [1.807, 2.05) is 0 Å². The highest BCUT2D eigenvalue weighted by atomic mass is 127. The zero-order valence-electron chi connectivity index (χ0n) is 25.3. The zero-order chi connectivity index (χ0) is 37.1. The molecule has 5 rings (SSSR count). The van der Waals surface area contributed by atoms with Gasteiger partial charge in [-0.15, -0.1) is 0 Å². The summed E-state index contributed by atoms with van der Waals surface area (Å²) in [6.45, 7) is 0. The number of phenols is 4. The maximum absolute atomic E-state index is 12.4. The average Bonchev–Trinajstić information content (AvgIpc) is 3.06. The SMILES string of the molecule is O=C(O)c1cc(Br)c(C(=O)O)cc1Br.O=C(Oc1ccc(O)cc1)c1cc(Br)c(C(=O)Oc2ccc(O)cc2)cc1Br.Oc1ccc(O)cc1.[I-]. The van der Waals surface area contributed by atoms with Crippen molar-refractivity contribution in [3.8, 4) is 34.5 Å². The Kier molecular flexibility index (Phi) is 16.9. The fourth-order valence-corrected chi connectivity index (χ4v) is 5.58. The molecule has 0 bridgehead atoms. The number of esters is 2. The van der Waals surface area contributed by atoms with Crippen molar-refractivity contribution in [3.63, 3.8) is 0 Å². The third-order valence-corrected chi connectivity index (χ3v) is 8.58. The molecule has 51 heavy (non-hydrogen) atoms. The van der Waals surface area contributed by atoms with Gasteiger partial charge >= 0.3 is 23.9 Å². The molecule has 266 valence electrons. The Bertz CT molecular complexity index is 1880. The first kappa shape index (κ1) is 43.0. The molecule has 0 fully saturated rings. The van der Waals surface area contributed by atoms with Crippen molar-refractivity contribution in [2.45, 2.75) is 0 Å². The highest BCUT2D eigenvalue weighted by molar-refractivity contribution is 9.11. The number of hydrogen-bond acceptors (Lipinski definition) is 10. The minimum atomic E-state index is -1.12. The fraction of sp³-hybridized carbons (Fsp3) is 0. The summed E-state index contributed by atoms with van der Waals surface area (Å²) < 4.78 is 11.7. The van der Waals surface area contributed by atoms with E-state index >= 15 is 0 Å². The molecule has 0 amide bonds. The number of carboxylic acid groups (broad SMARTS) is 2. The van der Waals surface area contributed by atoms with Crippen molar-refractivity contribution in [1.29, 1.82) is 0 Å². The molecule has 6 N–H and O–H groups in total. The Morgan fingerprint density at radius 1 is 0.412 bits per heavy atom. The zero-order valence-corrected chi connectivity index (χ0v) is 33.8. The van der Waals surface area contributed by atoms with Gasteiger partial charge in [0.2, 0.25) is 0 Å². The van der Waals surface area contributed by atoms with E-state index in [1.54, 1.807) is 0 Å². The molecule has 5 aromatic rings. The van der Waals surface area contributed by atoms with Crippen molar-refractivity contribution in [2.24, 2.45) is 0 Å². The van der Waals surface area contributed by atoms with Crippen LogP contribution in [-0.4, -0.2) is 54.5 Å². The Labute approximate surface area is 339 Å². The predicted molar refractivity (Wildman–Crippen MR) is 194 cm³/mol. The van der Waals surface area contributed by atoms with Gasteiger partial charge in [0, 0.05) is 17.9 Å². The monoisotopic (exact) mass is 1060 g/mol. The quantitative estimate of drug-likeness (QED) is 0.0519.